The van der Waals surface area contributed by atoms with Crippen LogP contribution >= 0.6 is 0 Å². The fourth-order valence-corrected chi connectivity index (χ4v) is 2.08. The molecule has 1 fully saturated rings. The van der Waals surface area contributed by atoms with Crippen LogP contribution in [0.2, 0.25) is 0 Å². The van der Waals surface area contributed by atoms with E-state index in [-0.39, 0.29) is 6.03 Å². The molecule has 2 rings (SSSR count). The van der Waals surface area contributed by atoms with Crippen LogP contribution in [-0.2, 0) is 0 Å². The highest BCUT2D eigenvalue weighted by atomic mass is 16.2. The Bertz CT molecular complexity index is 384. The van der Waals surface area contributed by atoms with Crippen LogP contribution in [0.15, 0.2) is 18.5 Å². The molecule has 1 N–H and O–H groups in total. The average molecular weight is 233 g/mol. The lowest BCUT2D eigenvalue weighted by atomic mass is 10.2. The number of aryl methyl sites for hydroxylation is 1. The Morgan fingerprint density at radius 2 is 2.00 bits per heavy atom. The molecule has 0 aliphatic carbocycles. The predicted molar refractivity (Wildman–Crippen MR) is 68.0 cm³/mol. The molecule has 0 aromatic carbocycles. The van der Waals surface area contributed by atoms with Gasteiger partial charge in [-0.1, -0.05) is 12.8 Å². The van der Waals surface area contributed by atoms with Crippen molar-refractivity contribution in [1.82, 2.24) is 9.88 Å². The van der Waals surface area contributed by atoms with Gasteiger partial charge in [0, 0.05) is 31.2 Å². The number of amides is 2. The zero-order valence-corrected chi connectivity index (χ0v) is 10.3. The van der Waals surface area contributed by atoms with Gasteiger partial charge in [-0.05, 0) is 31.4 Å². The lowest BCUT2D eigenvalue weighted by molar-refractivity contribution is 0.213. The van der Waals surface area contributed by atoms with Gasteiger partial charge in [0.25, 0.3) is 0 Å². The van der Waals surface area contributed by atoms with E-state index in [0.29, 0.717) is 0 Å². The molecule has 1 aliphatic rings. The molecule has 2 heterocycles. The molecule has 0 bridgehead atoms. The maximum Gasteiger partial charge on any atom is 0.321 e. The van der Waals surface area contributed by atoms with E-state index in [0.717, 1.165) is 37.2 Å². The number of hydrogen-bond donors (Lipinski definition) is 1. The highest BCUT2D eigenvalue weighted by Crippen LogP contribution is 2.15. The monoisotopic (exact) mass is 233 g/mol. The molecule has 0 atom stereocenters. The highest BCUT2D eigenvalue weighted by Gasteiger charge is 2.15. The van der Waals surface area contributed by atoms with E-state index < -0.39 is 0 Å². The van der Waals surface area contributed by atoms with E-state index in [9.17, 15) is 4.79 Å². The number of hydrogen-bond acceptors (Lipinski definition) is 2. The number of nitrogens with zero attached hydrogens (tertiary/aromatic N) is 2. The third kappa shape index (κ3) is 3.19. The molecule has 1 saturated heterocycles. The molecule has 4 heteroatoms. The van der Waals surface area contributed by atoms with Crippen molar-refractivity contribution in [1.29, 1.82) is 0 Å². The Balaban J connectivity index is 1.98. The van der Waals surface area contributed by atoms with Gasteiger partial charge in [0.2, 0.25) is 0 Å². The lowest BCUT2D eigenvalue weighted by Crippen LogP contribution is -2.35. The van der Waals surface area contributed by atoms with Crippen LogP contribution in [0, 0.1) is 6.92 Å². The van der Waals surface area contributed by atoms with Crippen molar-refractivity contribution >= 4 is 11.7 Å². The molecule has 1 aromatic rings. The zero-order chi connectivity index (χ0) is 12.1. The van der Waals surface area contributed by atoms with Gasteiger partial charge in [0.05, 0.1) is 0 Å². The number of likely N-dealkylation sites (tertiary alicyclic amines) is 1. The number of carbonyl (C=O) groups excluding carboxylic acids is 1. The summed E-state index contributed by atoms with van der Waals surface area (Å²) in [6.07, 6.45) is 8.16. The largest absolute Gasteiger partial charge is 0.325 e. The normalized spacial score (nSPS) is 16.4. The van der Waals surface area contributed by atoms with Crippen molar-refractivity contribution in [2.45, 2.75) is 32.6 Å². The van der Waals surface area contributed by atoms with Crippen molar-refractivity contribution in [2.24, 2.45) is 0 Å². The number of carbonyl (C=O) groups is 1. The van der Waals surface area contributed by atoms with Crippen LogP contribution in [-0.4, -0.2) is 29.0 Å². The maximum absolute atomic E-state index is 12.1. The average Bonchev–Trinajstić information content (AvgIpc) is 2.61. The topological polar surface area (TPSA) is 45.2 Å². The molecule has 0 spiro atoms. The summed E-state index contributed by atoms with van der Waals surface area (Å²) in [5.74, 6) is 0. The second-order valence-electron chi connectivity index (χ2n) is 4.52. The van der Waals surface area contributed by atoms with Gasteiger partial charge in [-0.15, -0.1) is 0 Å². The summed E-state index contributed by atoms with van der Waals surface area (Å²) >= 11 is 0. The third-order valence-corrected chi connectivity index (χ3v) is 3.16. The quantitative estimate of drug-likeness (QED) is 0.810. The third-order valence-electron chi connectivity index (χ3n) is 3.16. The Morgan fingerprint density at radius 3 is 2.65 bits per heavy atom. The van der Waals surface area contributed by atoms with Crippen LogP contribution in [0.3, 0.4) is 0 Å². The van der Waals surface area contributed by atoms with Gasteiger partial charge >= 0.3 is 6.03 Å². The van der Waals surface area contributed by atoms with E-state index in [2.05, 4.69) is 10.3 Å². The van der Waals surface area contributed by atoms with E-state index in [4.69, 9.17) is 0 Å². The summed E-state index contributed by atoms with van der Waals surface area (Å²) in [7, 11) is 0. The Morgan fingerprint density at radius 1 is 1.29 bits per heavy atom. The van der Waals surface area contributed by atoms with Crippen LogP contribution < -0.4 is 5.32 Å². The smallest absolute Gasteiger partial charge is 0.321 e. The molecule has 0 saturated carbocycles. The Kier molecular flexibility index (Phi) is 3.96. The molecule has 17 heavy (non-hydrogen) atoms. The molecule has 4 nitrogen and oxygen atoms in total. The summed E-state index contributed by atoms with van der Waals surface area (Å²) in [5.41, 5.74) is 1.85. The van der Waals surface area contributed by atoms with E-state index >= 15 is 0 Å². The standard InChI is InChI=1S/C13H19N3O/c1-11-10-14-7-6-12(11)15-13(17)16-8-4-2-3-5-9-16/h6-7,10H,2-5,8-9H2,1H3,(H,14,15,17). The SMILES string of the molecule is Cc1cnccc1NC(=O)N1CCCCCC1. The van der Waals surface area contributed by atoms with E-state index in [1.807, 2.05) is 17.9 Å². The molecular weight excluding hydrogens is 214 g/mol. The summed E-state index contributed by atoms with van der Waals surface area (Å²) < 4.78 is 0. The number of rotatable bonds is 1. The fourth-order valence-electron chi connectivity index (χ4n) is 2.08. The maximum atomic E-state index is 12.1. The molecule has 92 valence electrons. The van der Waals surface area contributed by atoms with Gasteiger partial charge in [-0.2, -0.15) is 0 Å². The molecule has 2 amide bonds. The van der Waals surface area contributed by atoms with Gasteiger partial charge < -0.3 is 10.2 Å². The second kappa shape index (κ2) is 5.66. The minimum atomic E-state index is 0.0150. The molecule has 1 aliphatic heterocycles. The first-order valence-electron chi connectivity index (χ1n) is 6.24. The molecule has 0 unspecified atom stereocenters. The number of nitrogens with one attached hydrogen (secondary N) is 1. The highest BCUT2D eigenvalue weighted by molar-refractivity contribution is 5.90. The first-order valence-corrected chi connectivity index (χ1v) is 6.24. The van der Waals surface area contributed by atoms with Gasteiger partial charge in [-0.25, -0.2) is 4.79 Å². The predicted octanol–water partition coefficient (Wildman–Crippen LogP) is 2.80. The van der Waals surface area contributed by atoms with Crippen LogP contribution in [0.5, 0.6) is 0 Å². The van der Waals surface area contributed by atoms with E-state index in [1.54, 1.807) is 12.4 Å². The molecule has 1 aromatic heterocycles. The Hall–Kier alpha value is -1.58. The minimum Gasteiger partial charge on any atom is -0.325 e. The Labute approximate surface area is 102 Å². The lowest BCUT2D eigenvalue weighted by Gasteiger charge is -2.21. The van der Waals surface area contributed by atoms with Crippen molar-refractivity contribution in [3.05, 3.63) is 24.0 Å². The second-order valence-corrected chi connectivity index (χ2v) is 4.52. The van der Waals surface area contributed by atoms with Gasteiger partial charge in [0.1, 0.15) is 0 Å². The number of aromatic nitrogens is 1. The zero-order valence-electron chi connectivity index (χ0n) is 10.3. The number of anilines is 1. The van der Waals surface area contributed by atoms with Crippen molar-refractivity contribution < 1.29 is 4.79 Å². The molecule has 0 radical (unpaired) electrons. The fraction of sp³-hybridized carbons (Fsp3) is 0.538. The summed E-state index contributed by atoms with van der Waals surface area (Å²) in [6, 6.07) is 1.85. The van der Waals surface area contributed by atoms with Crippen LogP contribution in [0.25, 0.3) is 0 Å². The summed E-state index contributed by atoms with van der Waals surface area (Å²) in [4.78, 5) is 18.0. The van der Waals surface area contributed by atoms with E-state index in [1.165, 1.54) is 12.8 Å². The summed E-state index contributed by atoms with van der Waals surface area (Å²) in [6.45, 7) is 3.69. The summed E-state index contributed by atoms with van der Waals surface area (Å²) in [5, 5.41) is 2.95. The van der Waals surface area contributed by atoms with Crippen molar-refractivity contribution in [2.75, 3.05) is 18.4 Å². The van der Waals surface area contributed by atoms with Gasteiger partial charge in [0.15, 0.2) is 0 Å². The van der Waals surface area contributed by atoms with Crippen molar-refractivity contribution in [3.8, 4) is 0 Å². The first-order chi connectivity index (χ1) is 8.27. The number of urea groups is 1. The van der Waals surface area contributed by atoms with Crippen LogP contribution in [0.4, 0.5) is 10.5 Å². The van der Waals surface area contributed by atoms with Gasteiger partial charge in [-0.3, -0.25) is 4.98 Å². The van der Waals surface area contributed by atoms with Crippen molar-refractivity contribution in [3.63, 3.8) is 0 Å². The number of pyridine rings is 1. The minimum absolute atomic E-state index is 0.0150. The molecular formula is C13H19N3O. The first kappa shape index (κ1) is 11.9. The van der Waals surface area contributed by atoms with Crippen LogP contribution in [0.1, 0.15) is 31.2 Å².